The molecule has 0 amide bonds. The highest BCUT2D eigenvalue weighted by Crippen LogP contribution is 2.49. The first-order valence-corrected chi connectivity index (χ1v) is 14.2. The van der Waals surface area contributed by atoms with E-state index < -0.39 is 17.6 Å². The Balaban J connectivity index is 1.12. The molecule has 0 radical (unpaired) electrons. The fourth-order valence-electron chi connectivity index (χ4n) is 5.44. The van der Waals surface area contributed by atoms with Crippen LogP contribution in [0.15, 0.2) is 54.9 Å². The molecule has 10 heteroatoms. The van der Waals surface area contributed by atoms with Crippen LogP contribution in [-0.2, 0) is 12.3 Å². The number of aromatic nitrogens is 2. The van der Waals surface area contributed by atoms with Gasteiger partial charge in [0.25, 0.3) is 5.79 Å². The predicted molar refractivity (Wildman–Crippen MR) is 151 cm³/mol. The van der Waals surface area contributed by atoms with Crippen molar-refractivity contribution in [2.75, 3.05) is 13.1 Å². The summed E-state index contributed by atoms with van der Waals surface area (Å²) in [4.78, 5) is 22.7. The molecule has 1 N–H and O–H groups in total. The number of likely N-dealkylation sites (tertiary alicyclic amines) is 1. The first kappa shape index (κ1) is 26.7. The lowest BCUT2D eigenvalue weighted by molar-refractivity contribution is -0.0712. The Kier molecular flexibility index (Phi) is 6.98. The van der Waals surface area contributed by atoms with Gasteiger partial charge >= 0.3 is 5.97 Å². The number of aryl methyl sites for hydroxylation is 1. The smallest absolute Gasteiger partial charge is 0.347 e. The average Bonchev–Trinajstić information content (AvgIpc) is 3.55. The van der Waals surface area contributed by atoms with Crippen LogP contribution in [0.25, 0.3) is 10.6 Å². The molecule has 6 rings (SSSR count). The molecule has 0 saturated carbocycles. The van der Waals surface area contributed by atoms with E-state index >= 15 is 0 Å². The molecule has 0 bridgehead atoms. The second-order valence-corrected chi connectivity index (χ2v) is 11.8. The third-order valence-corrected chi connectivity index (χ3v) is 8.85. The lowest BCUT2D eigenvalue weighted by Crippen LogP contribution is -2.34. The number of piperidine rings is 1. The fraction of sp³-hybridized carbons (Fsp3) is 0.300. The van der Waals surface area contributed by atoms with Gasteiger partial charge in [-0.15, -0.1) is 11.3 Å². The van der Waals surface area contributed by atoms with Crippen LogP contribution < -0.4 is 9.47 Å². The number of carboxylic acids is 1. The lowest BCUT2D eigenvalue weighted by atomic mass is 9.88. The number of aromatic carboxylic acids is 1. The zero-order valence-electron chi connectivity index (χ0n) is 22.0. The summed E-state index contributed by atoms with van der Waals surface area (Å²) in [5.41, 5.74) is 4.25. The monoisotopic (exact) mass is 579 g/mol. The number of rotatable bonds is 6. The quantitative estimate of drug-likeness (QED) is 0.262. The minimum atomic E-state index is -1.27. The minimum Gasteiger partial charge on any atom is -0.477 e. The van der Waals surface area contributed by atoms with Crippen molar-refractivity contribution >= 4 is 28.9 Å². The van der Waals surface area contributed by atoms with Crippen molar-refractivity contribution in [3.8, 4) is 22.1 Å². The Bertz CT molecular complexity index is 1600. The number of carboxylic acid groups (broad SMARTS) is 1. The summed E-state index contributed by atoms with van der Waals surface area (Å²) >= 11 is 7.10. The van der Waals surface area contributed by atoms with Crippen LogP contribution in [0.5, 0.6) is 11.5 Å². The van der Waals surface area contributed by atoms with E-state index in [9.17, 15) is 14.3 Å². The van der Waals surface area contributed by atoms with Crippen LogP contribution in [0.1, 0.15) is 57.7 Å². The largest absolute Gasteiger partial charge is 0.477 e. The van der Waals surface area contributed by atoms with Gasteiger partial charge in [0.05, 0.1) is 17.5 Å². The maximum Gasteiger partial charge on any atom is 0.347 e. The van der Waals surface area contributed by atoms with Crippen LogP contribution in [0.4, 0.5) is 4.39 Å². The van der Waals surface area contributed by atoms with Gasteiger partial charge in [0.15, 0.2) is 11.5 Å². The van der Waals surface area contributed by atoms with E-state index in [4.69, 9.17) is 21.1 Å². The van der Waals surface area contributed by atoms with Gasteiger partial charge in [0, 0.05) is 35.8 Å². The number of benzene rings is 2. The summed E-state index contributed by atoms with van der Waals surface area (Å²) < 4.78 is 27.2. The molecule has 2 aromatic carbocycles. The van der Waals surface area contributed by atoms with Crippen molar-refractivity contribution in [3.63, 3.8) is 0 Å². The van der Waals surface area contributed by atoms with Crippen molar-refractivity contribution in [2.24, 2.45) is 0 Å². The van der Waals surface area contributed by atoms with Gasteiger partial charge in [-0.3, -0.25) is 9.88 Å². The zero-order chi connectivity index (χ0) is 28.0. The molecule has 7 nitrogen and oxygen atoms in total. The van der Waals surface area contributed by atoms with Crippen LogP contribution in [0.2, 0.25) is 5.02 Å². The first-order valence-electron chi connectivity index (χ1n) is 13.0. The zero-order valence-corrected chi connectivity index (χ0v) is 23.6. The standard InChI is InChI=1S/C30H27ClFN3O4S/c1-17-12-19(28-34-15-26(40-28)29(36)37)14-33-24(17)16-35-10-8-18(9-11-35)21-4-3-5-25-27(21)39-30(2,38-25)22-7-6-20(31)13-23(22)32/h3-7,12-15,18H,8-11,16H2,1-2H3,(H,36,37). The molecule has 2 aromatic heterocycles. The molecule has 2 aliphatic heterocycles. The van der Waals surface area contributed by atoms with Crippen LogP contribution in [0, 0.1) is 12.7 Å². The molecule has 0 aliphatic carbocycles. The summed E-state index contributed by atoms with van der Waals surface area (Å²) in [5.74, 6) is -1.12. The number of thiazole rings is 1. The molecule has 206 valence electrons. The number of carbonyl (C=O) groups is 1. The predicted octanol–water partition coefficient (Wildman–Crippen LogP) is 7.03. The maximum atomic E-state index is 14.7. The number of para-hydroxylation sites is 1. The molecular weight excluding hydrogens is 553 g/mol. The fourth-order valence-corrected chi connectivity index (χ4v) is 6.34. The van der Waals surface area contributed by atoms with Crippen molar-refractivity contribution in [1.29, 1.82) is 0 Å². The van der Waals surface area contributed by atoms with Gasteiger partial charge in [-0.05, 0) is 74.7 Å². The first-order chi connectivity index (χ1) is 19.2. The van der Waals surface area contributed by atoms with Crippen molar-refractivity contribution in [1.82, 2.24) is 14.9 Å². The molecule has 4 heterocycles. The summed E-state index contributed by atoms with van der Waals surface area (Å²) in [6.45, 7) is 6.28. The van der Waals surface area contributed by atoms with Gasteiger partial charge in [0.2, 0.25) is 0 Å². The highest BCUT2D eigenvalue weighted by Gasteiger charge is 2.43. The molecule has 1 fully saturated rings. The van der Waals surface area contributed by atoms with Crippen LogP contribution in [0.3, 0.4) is 0 Å². The molecule has 40 heavy (non-hydrogen) atoms. The Morgan fingerprint density at radius 3 is 2.67 bits per heavy atom. The number of ether oxygens (including phenoxy) is 2. The van der Waals surface area contributed by atoms with Crippen molar-refractivity contribution in [2.45, 2.75) is 44.9 Å². The molecule has 2 aliphatic rings. The average molecular weight is 580 g/mol. The normalized spacial score (nSPS) is 19.2. The van der Waals surface area contributed by atoms with E-state index in [-0.39, 0.29) is 10.8 Å². The van der Waals surface area contributed by atoms with Crippen molar-refractivity contribution < 1.29 is 23.8 Å². The summed E-state index contributed by atoms with van der Waals surface area (Å²) in [5, 5.41) is 10.1. The topological polar surface area (TPSA) is 84.8 Å². The summed E-state index contributed by atoms with van der Waals surface area (Å²) in [6.07, 6.45) is 5.04. The highest BCUT2D eigenvalue weighted by molar-refractivity contribution is 7.16. The Hall–Kier alpha value is -3.53. The number of pyridine rings is 1. The highest BCUT2D eigenvalue weighted by atomic mass is 35.5. The number of hydrogen-bond acceptors (Lipinski definition) is 7. The van der Waals surface area contributed by atoms with Gasteiger partial charge in [0.1, 0.15) is 15.7 Å². The molecule has 1 unspecified atom stereocenters. The SMILES string of the molecule is Cc1cc(-c2ncc(C(=O)O)s2)cnc1CN1CCC(c2cccc3c2OC(C)(c2ccc(Cl)cc2F)O3)CC1. The van der Waals surface area contributed by atoms with Crippen LogP contribution in [-0.4, -0.2) is 39.0 Å². The van der Waals surface area contributed by atoms with Gasteiger partial charge in [-0.1, -0.05) is 23.7 Å². The van der Waals surface area contributed by atoms with E-state index in [1.807, 2.05) is 25.1 Å². The molecule has 1 saturated heterocycles. The summed E-state index contributed by atoms with van der Waals surface area (Å²) in [7, 11) is 0. The number of hydrogen-bond donors (Lipinski definition) is 1. The van der Waals surface area contributed by atoms with Crippen LogP contribution >= 0.6 is 22.9 Å². The maximum absolute atomic E-state index is 14.7. The van der Waals surface area contributed by atoms with E-state index in [1.165, 1.54) is 12.3 Å². The molecular formula is C30H27ClFN3O4S. The van der Waals surface area contributed by atoms with E-state index in [0.29, 0.717) is 27.1 Å². The van der Waals surface area contributed by atoms with E-state index in [1.54, 1.807) is 25.3 Å². The molecule has 0 spiro atoms. The Labute approximate surface area is 240 Å². The number of nitrogens with zero attached hydrogens (tertiary/aromatic N) is 3. The van der Waals surface area contributed by atoms with E-state index in [0.717, 1.165) is 66.2 Å². The lowest BCUT2D eigenvalue weighted by Gasteiger charge is -2.32. The van der Waals surface area contributed by atoms with Gasteiger partial charge < -0.3 is 14.6 Å². The number of halogens is 2. The van der Waals surface area contributed by atoms with Gasteiger partial charge in [-0.25, -0.2) is 14.2 Å². The molecule has 4 aromatic rings. The Morgan fingerprint density at radius 2 is 1.98 bits per heavy atom. The summed E-state index contributed by atoms with van der Waals surface area (Å²) in [6, 6.07) is 12.4. The minimum absolute atomic E-state index is 0.211. The third kappa shape index (κ3) is 5.05. The Morgan fingerprint density at radius 1 is 1.18 bits per heavy atom. The van der Waals surface area contributed by atoms with Gasteiger partial charge in [-0.2, -0.15) is 0 Å². The second kappa shape index (κ2) is 10.5. The second-order valence-electron chi connectivity index (χ2n) is 10.3. The number of fused-ring (bicyclic) bond motifs is 1. The van der Waals surface area contributed by atoms with Crippen molar-refractivity contribution in [3.05, 3.63) is 93.0 Å². The molecule has 1 atom stereocenters. The third-order valence-electron chi connectivity index (χ3n) is 7.58. The van der Waals surface area contributed by atoms with E-state index in [2.05, 4.69) is 20.9 Å².